The molecule has 2 aromatic carbocycles. The predicted octanol–water partition coefficient (Wildman–Crippen LogP) is 5.48. The van der Waals surface area contributed by atoms with Crippen LogP contribution in [-0.4, -0.2) is 28.7 Å². The fourth-order valence-electron chi connectivity index (χ4n) is 3.94. The maximum Gasteiger partial charge on any atom is 0.338 e. The van der Waals surface area contributed by atoms with Gasteiger partial charge in [-0.15, -0.1) is 0 Å². The van der Waals surface area contributed by atoms with Gasteiger partial charge in [-0.25, -0.2) is 9.78 Å². The third-order valence-corrected chi connectivity index (χ3v) is 5.52. The molecule has 1 N–H and O–H groups in total. The van der Waals surface area contributed by atoms with Gasteiger partial charge >= 0.3 is 5.97 Å². The maximum atomic E-state index is 13.1. The van der Waals surface area contributed by atoms with Gasteiger partial charge in [0.05, 0.1) is 29.3 Å². The summed E-state index contributed by atoms with van der Waals surface area (Å²) >= 11 is 0. The summed E-state index contributed by atoms with van der Waals surface area (Å²) in [5.41, 5.74) is 3.99. The van der Waals surface area contributed by atoms with E-state index in [2.05, 4.69) is 30.3 Å². The SMILES string of the molecule is C=CCOC(=O)C1=C(C)Nc2nc3ccccc3n2C1c1cccc(OCCC(C)C)c1. The highest BCUT2D eigenvalue weighted by atomic mass is 16.5. The number of fused-ring (bicyclic) bond motifs is 3. The summed E-state index contributed by atoms with van der Waals surface area (Å²) in [5.74, 6) is 1.66. The Bertz CT molecular complexity index is 1180. The molecule has 1 unspecified atom stereocenters. The highest BCUT2D eigenvalue weighted by molar-refractivity contribution is 5.94. The second-order valence-corrected chi connectivity index (χ2v) is 8.35. The van der Waals surface area contributed by atoms with Gasteiger partial charge in [0.15, 0.2) is 0 Å². The summed E-state index contributed by atoms with van der Waals surface area (Å²) in [6.45, 7) is 10.7. The molecule has 0 fully saturated rings. The molecule has 6 nitrogen and oxygen atoms in total. The van der Waals surface area contributed by atoms with Gasteiger partial charge in [0.1, 0.15) is 12.4 Å². The Balaban J connectivity index is 1.81. The largest absolute Gasteiger partial charge is 0.494 e. The molecule has 1 aromatic heterocycles. The van der Waals surface area contributed by atoms with E-state index in [1.807, 2.05) is 55.5 Å². The van der Waals surface area contributed by atoms with E-state index in [1.165, 1.54) is 0 Å². The second-order valence-electron chi connectivity index (χ2n) is 8.35. The fraction of sp³-hybridized carbons (Fsp3) is 0.308. The lowest BCUT2D eigenvalue weighted by atomic mass is 9.95. The normalized spacial score (nSPS) is 15.4. The Morgan fingerprint density at radius 1 is 1.25 bits per heavy atom. The lowest BCUT2D eigenvalue weighted by molar-refractivity contribution is -0.138. The van der Waals surface area contributed by atoms with Crippen LogP contribution < -0.4 is 10.1 Å². The number of benzene rings is 2. The van der Waals surface area contributed by atoms with Crippen LogP contribution in [-0.2, 0) is 9.53 Å². The van der Waals surface area contributed by atoms with Crippen molar-refractivity contribution in [2.75, 3.05) is 18.5 Å². The maximum absolute atomic E-state index is 13.1. The zero-order valence-corrected chi connectivity index (χ0v) is 18.8. The second kappa shape index (κ2) is 9.30. The van der Waals surface area contributed by atoms with Crippen LogP contribution in [0.5, 0.6) is 5.75 Å². The minimum atomic E-state index is -0.399. The van der Waals surface area contributed by atoms with Crippen molar-refractivity contribution < 1.29 is 14.3 Å². The number of esters is 1. The van der Waals surface area contributed by atoms with Crippen LogP contribution in [0.3, 0.4) is 0 Å². The molecule has 0 saturated heterocycles. The van der Waals surface area contributed by atoms with E-state index in [0.717, 1.165) is 34.5 Å². The quantitative estimate of drug-likeness (QED) is 0.378. The molecule has 0 radical (unpaired) electrons. The van der Waals surface area contributed by atoms with Crippen molar-refractivity contribution in [2.45, 2.75) is 33.2 Å². The molecule has 6 heteroatoms. The minimum Gasteiger partial charge on any atom is -0.494 e. The molecular formula is C26H29N3O3. The molecule has 1 atom stereocenters. The van der Waals surface area contributed by atoms with Crippen LogP contribution in [0.15, 0.2) is 72.5 Å². The summed E-state index contributed by atoms with van der Waals surface area (Å²) in [6, 6.07) is 15.4. The van der Waals surface area contributed by atoms with Crippen LogP contribution in [0.4, 0.5) is 5.95 Å². The first-order valence-corrected chi connectivity index (χ1v) is 10.9. The van der Waals surface area contributed by atoms with E-state index in [-0.39, 0.29) is 12.6 Å². The van der Waals surface area contributed by atoms with Crippen molar-refractivity contribution in [1.82, 2.24) is 9.55 Å². The highest BCUT2D eigenvalue weighted by Gasteiger charge is 2.35. The number of para-hydroxylation sites is 2. The molecule has 2 heterocycles. The number of anilines is 1. The van der Waals surface area contributed by atoms with E-state index in [0.29, 0.717) is 24.0 Å². The molecule has 0 bridgehead atoms. The highest BCUT2D eigenvalue weighted by Crippen LogP contribution is 2.40. The molecule has 0 spiro atoms. The molecule has 0 aliphatic carbocycles. The Kier molecular flexibility index (Phi) is 6.30. The number of nitrogens with one attached hydrogen (secondary N) is 1. The average Bonchev–Trinajstić information content (AvgIpc) is 3.14. The molecule has 1 aliphatic rings. The van der Waals surface area contributed by atoms with Gasteiger partial charge < -0.3 is 14.8 Å². The van der Waals surface area contributed by atoms with E-state index in [1.54, 1.807) is 6.08 Å². The van der Waals surface area contributed by atoms with Gasteiger partial charge in [-0.3, -0.25) is 4.57 Å². The molecule has 1 aliphatic heterocycles. The van der Waals surface area contributed by atoms with Crippen molar-refractivity contribution in [1.29, 1.82) is 0 Å². The van der Waals surface area contributed by atoms with Crippen molar-refractivity contribution in [2.24, 2.45) is 5.92 Å². The summed E-state index contributed by atoms with van der Waals surface area (Å²) < 4.78 is 13.5. The lowest BCUT2D eigenvalue weighted by Gasteiger charge is -2.30. The van der Waals surface area contributed by atoms with Crippen molar-refractivity contribution in [3.05, 3.63) is 78.0 Å². The van der Waals surface area contributed by atoms with Crippen molar-refractivity contribution in [3.63, 3.8) is 0 Å². The van der Waals surface area contributed by atoms with Crippen LogP contribution in [0.25, 0.3) is 11.0 Å². The number of rotatable bonds is 8. The Hall–Kier alpha value is -3.54. The Morgan fingerprint density at radius 2 is 2.06 bits per heavy atom. The van der Waals surface area contributed by atoms with Gasteiger partial charge in [0.2, 0.25) is 5.95 Å². The van der Waals surface area contributed by atoms with Crippen LogP contribution in [0, 0.1) is 5.92 Å². The first-order valence-electron chi connectivity index (χ1n) is 10.9. The molecular weight excluding hydrogens is 402 g/mol. The fourth-order valence-corrected chi connectivity index (χ4v) is 3.94. The van der Waals surface area contributed by atoms with Crippen LogP contribution in [0.1, 0.15) is 38.8 Å². The summed E-state index contributed by atoms with van der Waals surface area (Å²) in [6.07, 6.45) is 2.55. The predicted molar refractivity (Wildman–Crippen MR) is 127 cm³/mol. The standard InChI is InChI=1S/C26H29N3O3/c1-5-14-32-25(30)23-18(4)27-26-28-21-11-6-7-12-22(21)29(26)24(23)19-9-8-10-20(16-19)31-15-13-17(2)3/h5-12,16-17,24H,1,13-15H2,2-4H3,(H,27,28). The third kappa shape index (κ3) is 4.26. The van der Waals surface area contributed by atoms with Crippen LogP contribution >= 0.6 is 0 Å². The Labute approximate surface area is 188 Å². The molecule has 3 aromatic rings. The number of carbonyl (C=O) groups excluding carboxylic acids is 1. The molecule has 32 heavy (non-hydrogen) atoms. The number of imidazole rings is 1. The number of allylic oxidation sites excluding steroid dienone is 1. The zero-order valence-electron chi connectivity index (χ0n) is 18.8. The lowest BCUT2D eigenvalue weighted by Crippen LogP contribution is -2.29. The number of hydrogen-bond donors (Lipinski definition) is 1. The van der Waals surface area contributed by atoms with Gasteiger partial charge in [0.25, 0.3) is 0 Å². The van der Waals surface area contributed by atoms with Gasteiger partial charge in [-0.1, -0.05) is 50.8 Å². The monoisotopic (exact) mass is 431 g/mol. The van der Waals surface area contributed by atoms with Crippen molar-refractivity contribution >= 4 is 23.0 Å². The summed E-state index contributed by atoms with van der Waals surface area (Å²) in [7, 11) is 0. The zero-order chi connectivity index (χ0) is 22.7. The number of hydrogen-bond acceptors (Lipinski definition) is 5. The summed E-state index contributed by atoms with van der Waals surface area (Å²) in [5, 5.41) is 3.29. The topological polar surface area (TPSA) is 65.4 Å². The van der Waals surface area contributed by atoms with E-state index in [9.17, 15) is 4.79 Å². The van der Waals surface area contributed by atoms with E-state index >= 15 is 0 Å². The third-order valence-electron chi connectivity index (χ3n) is 5.52. The number of carbonyl (C=O) groups is 1. The van der Waals surface area contributed by atoms with Gasteiger partial charge in [0, 0.05) is 5.70 Å². The van der Waals surface area contributed by atoms with E-state index in [4.69, 9.17) is 14.5 Å². The van der Waals surface area contributed by atoms with Crippen LogP contribution in [0.2, 0.25) is 0 Å². The minimum absolute atomic E-state index is 0.151. The summed E-state index contributed by atoms with van der Waals surface area (Å²) in [4.78, 5) is 17.9. The Morgan fingerprint density at radius 3 is 2.84 bits per heavy atom. The number of aromatic nitrogens is 2. The molecule has 0 amide bonds. The van der Waals surface area contributed by atoms with E-state index < -0.39 is 6.04 Å². The van der Waals surface area contributed by atoms with Gasteiger partial charge in [-0.05, 0) is 49.1 Å². The number of nitrogens with zero attached hydrogens (tertiary/aromatic N) is 2. The number of ether oxygens (including phenoxy) is 2. The average molecular weight is 432 g/mol. The first-order chi connectivity index (χ1) is 15.5. The molecule has 166 valence electrons. The van der Waals surface area contributed by atoms with Gasteiger partial charge in [-0.2, -0.15) is 0 Å². The first kappa shape index (κ1) is 21.7. The van der Waals surface area contributed by atoms with Crippen molar-refractivity contribution in [3.8, 4) is 5.75 Å². The smallest absolute Gasteiger partial charge is 0.338 e. The molecule has 4 rings (SSSR count). The molecule has 0 saturated carbocycles.